The molecule has 0 saturated heterocycles. The zero-order valence-corrected chi connectivity index (χ0v) is 12.7. The summed E-state index contributed by atoms with van der Waals surface area (Å²) in [5.74, 6) is 0.161. The zero-order valence-electron chi connectivity index (χ0n) is 12.7. The Labute approximate surface area is 137 Å². The van der Waals surface area contributed by atoms with E-state index in [0.717, 1.165) is 6.07 Å². The van der Waals surface area contributed by atoms with E-state index in [9.17, 15) is 22.8 Å². The molecule has 0 radical (unpaired) electrons. The summed E-state index contributed by atoms with van der Waals surface area (Å²) in [6.45, 7) is 0. The van der Waals surface area contributed by atoms with Crippen LogP contribution in [0.3, 0.4) is 0 Å². The van der Waals surface area contributed by atoms with Gasteiger partial charge in [0.05, 0.1) is 18.1 Å². The first-order valence-electron chi connectivity index (χ1n) is 6.97. The van der Waals surface area contributed by atoms with Crippen LogP contribution in [-0.2, 0) is 6.18 Å². The van der Waals surface area contributed by atoms with Gasteiger partial charge >= 0.3 is 17.3 Å². The van der Waals surface area contributed by atoms with Crippen molar-refractivity contribution in [3.8, 4) is 17.2 Å². The molecule has 0 amide bonds. The van der Waals surface area contributed by atoms with E-state index in [-0.39, 0.29) is 16.8 Å². The molecule has 130 valence electrons. The fourth-order valence-corrected chi connectivity index (χ4v) is 2.22. The summed E-state index contributed by atoms with van der Waals surface area (Å²) in [6, 6.07) is 7.68. The minimum absolute atomic E-state index is 0.0149. The van der Waals surface area contributed by atoms with Gasteiger partial charge in [0, 0.05) is 6.07 Å². The highest BCUT2D eigenvalue weighted by Crippen LogP contribution is 2.39. The Morgan fingerprint density at radius 1 is 0.880 bits per heavy atom. The number of rotatable bonds is 3. The normalized spacial score (nSPS) is 11.5. The smallest absolute Gasteiger partial charge is 0.420 e. The van der Waals surface area contributed by atoms with Gasteiger partial charge in [-0.1, -0.05) is 0 Å². The van der Waals surface area contributed by atoms with E-state index in [2.05, 4.69) is 9.97 Å². The number of alkyl halides is 3. The second-order valence-electron chi connectivity index (χ2n) is 5.08. The van der Waals surface area contributed by atoms with Gasteiger partial charge < -0.3 is 19.4 Å². The van der Waals surface area contributed by atoms with Crippen LogP contribution in [0.2, 0.25) is 0 Å². The maximum Gasteiger partial charge on any atom is 0.420 e. The monoisotopic (exact) mass is 352 g/mol. The molecule has 0 spiro atoms. The van der Waals surface area contributed by atoms with Gasteiger partial charge in [-0.25, -0.2) is 0 Å². The summed E-state index contributed by atoms with van der Waals surface area (Å²) in [5.41, 5.74) is -3.23. The van der Waals surface area contributed by atoms with Gasteiger partial charge in [-0.05, 0) is 30.3 Å². The van der Waals surface area contributed by atoms with Gasteiger partial charge in [-0.15, -0.1) is 0 Å². The molecule has 0 aliphatic carbocycles. The van der Waals surface area contributed by atoms with Crippen molar-refractivity contribution in [2.24, 2.45) is 0 Å². The summed E-state index contributed by atoms with van der Waals surface area (Å²) in [5, 5.41) is 0. The number of benzene rings is 2. The molecular weight excluding hydrogens is 341 g/mol. The number of H-pyrrole nitrogens is 2. The SMILES string of the molecule is COc1ccc(Oc2cc3[nH]c(=O)c(=O)[nH]c3cc2C(F)(F)F)cc1. The Morgan fingerprint density at radius 3 is 1.92 bits per heavy atom. The second kappa shape index (κ2) is 6.00. The molecule has 2 N–H and O–H groups in total. The molecule has 0 aliphatic rings. The fraction of sp³-hybridized carbons (Fsp3) is 0.125. The molecule has 6 nitrogen and oxygen atoms in total. The number of methoxy groups -OCH3 is 1. The number of nitrogens with one attached hydrogen (secondary N) is 2. The Balaban J connectivity index is 2.15. The summed E-state index contributed by atoms with van der Waals surface area (Å²) in [4.78, 5) is 27.0. The van der Waals surface area contributed by atoms with Crippen molar-refractivity contribution >= 4 is 11.0 Å². The minimum Gasteiger partial charge on any atom is -0.497 e. The van der Waals surface area contributed by atoms with Crippen molar-refractivity contribution in [2.75, 3.05) is 7.11 Å². The molecule has 0 unspecified atom stereocenters. The molecular formula is C16H11F3N2O4. The van der Waals surface area contributed by atoms with Gasteiger partial charge in [0.25, 0.3) is 0 Å². The van der Waals surface area contributed by atoms with E-state index in [1.807, 2.05) is 0 Å². The Morgan fingerprint density at radius 2 is 1.40 bits per heavy atom. The number of fused-ring (bicyclic) bond motifs is 1. The van der Waals surface area contributed by atoms with E-state index >= 15 is 0 Å². The molecule has 2 aromatic carbocycles. The number of aromatic nitrogens is 2. The van der Waals surface area contributed by atoms with Crippen LogP contribution in [0.1, 0.15) is 5.56 Å². The van der Waals surface area contributed by atoms with Crippen molar-refractivity contribution in [2.45, 2.75) is 6.18 Å². The number of aromatic amines is 2. The third-order valence-corrected chi connectivity index (χ3v) is 3.42. The van der Waals surface area contributed by atoms with Crippen LogP contribution >= 0.6 is 0 Å². The van der Waals surface area contributed by atoms with Crippen molar-refractivity contribution in [3.05, 3.63) is 62.7 Å². The van der Waals surface area contributed by atoms with Crippen molar-refractivity contribution in [3.63, 3.8) is 0 Å². The van der Waals surface area contributed by atoms with Crippen LogP contribution in [0.15, 0.2) is 46.0 Å². The molecule has 25 heavy (non-hydrogen) atoms. The van der Waals surface area contributed by atoms with Crippen LogP contribution < -0.4 is 20.6 Å². The Kier molecular flexibility index (Phi) is 3.99. The van der Waals surface area contributed by atoms with Crippen molar-refractivity contribution in [1.29, 1.82) is 0 Å². The number of hydrogen-bond acceptors (Lipinski definition) is 4. The molecule has 1 aromatic heterocycles. The largest absolute Gasteiger partial charge is 0.497 e. The summed E-state index contributed by atoms with van der Waals surface area (Å²) in [7, 11) is 1.46. The number of ether oxygens (including phenoxy) is 2. The molecule has 0 atom stereocenters. The summed E-state index contributed by atoms with van der Waals surface area (Å²) < 4.78 is 50.2. The van der Waals surface area contributed by atoms with Gasteiger partial charge in [0.1, 0.15) is 22.8 Å². The van der Waals surface area contributed by atoms with Crippen LogP contribution in [0, 0.1) is 0 Å². The van der Waals surface area contributed by atoms with Gasteiger partial charge in [-0.3, -0.25) is 9.59 Å². The molecule has 0 fully saturated rings. The predicted molar refractivity (Wildman–Crippen MR) is 83.3 cm³/mol. The first-order chi connectivity index (χ1) is 11.8. The first-order valence-corrected chi connectivity index (χ1v) is 6.97. The van der Waals surface area contributed by atoms with E-state index in [1.165, 1.54) is 31.4 Å². The molecule has 9 heteroatoms. The molecule has 0 bridgehead atoms. The lowest BCUT2D eigenvalue weighted by Crippen LogP contribution is -2.29. The van der Waals surface area contributed by atoms with Gasteiger partial charge in [0.15, 0.2) is 0 Å². The average molecular weight is 352 g/mol. The van der Waals surface area contributed by atoms with Gasteiger partial charge in [0.2, 0.25) is 0 Å². The highest BCUT2D eigenvalue weighted by atomic mass is 19.4. The molecule has 1 heterocycles. The summed E-state index contributed by atoms with van der Waals surface area (Å²) in [6.07, 6.45) is -4.72. The topological polar surface area (TPSA) is 84.2 Å². The standard InChI is InChI=1S/C16H11F3N2O4/c1-24-8-2-4-9(5-3-8)25-13-7-12-11(6-10(13)16(17,18)19)20-14(22)15(23)21-12/h2-7H,1H3,(H,20,22)(H,21,23). The lowest BCUT2D eigenvalue weighted by molar-refractivity contribution is -0.138. The first kappa shape index (κ1) is 16.6. The maximum atomic E-state index is 13.3. The summed E-state index contributed by atoms with van der Waals surface area (Å²) >= 11 is 0. The average Bonchev–Trinajstić information content (AvgIpc) is 2.55. The second-order valence-corrected chi connectivity index (χ2v) is 5.08. The molecule has 0 saturated carbocycles. The number of halogens is 3. The Hall–Kier alpha value is -3.23. The van der Waals surface area contributed by atoms with Crippen LogP contribution in [0.25, 0.3) is 11.0 Å². The van der Waals surface area contributed by atoms with E-state index < -0.39 is 28.6 Å². The highest BCUT2D eigenvalue weighted by Gasteiger charge is 2.35. The van der Waals surface area contributed by atoms with E-state index in [4.69, 9.17) is 9.47 Å². The molecule has 3 aromatic rings. The minimum atomic E-state index is -4.72. The predicted octanol–water partition coefficient (Wildman–Crippen LogP) is 3.04. The van der Waals surface area contributed by atoms with Crippen LogP contribution in [0.4, 0.5) is 13.2 Å². The third-order valence-electron chi connectivity index (χ3n) is 3.42. The number of hydrogen-bond donors (Lipinski definition) is 2. The quantitative estimate of drug-likeness (QED) is 0.710. The molecule has 3 rings (SSSR count). The fourth-order valence-electron chi connectivity index (χ4n) is 2.22. The van der Waals surface area contributed by atoms with E-state index in [1.54, 1.807) is 0 Å². The van der Waals surface area contributed by atoms with Crippen LogP contribution in [-0.4, -0.2) is 17.1 Å². The van der Waals surface area contributed by atoms with Crippen LogP contribution in [0.5, 0.6) is 17.2 Å². The zero-order chi connectivity index (χ0) is 18.2. The lowest BCUT2D eigenvalue weighted by Gasteiger charge is -2.15. The van der Waals surface area contributed by atoms with Gasteiger partial charge in [-0.2, -0.15) is 13.2 Å². The van der Waals surface area contributed by atoms with Crippen molar-refractivity contribution in [1.82, 2.24) is 9.97 Å². The maximum absolute atomic E-state index is 13.3. The third kappa shape index (κ3) is 3.35. The highest BCUT2D eigenvalue weighted by molar-refractivity contribution is 5.77. The lowest BCUT2D eigenvalue weighted by atomic mass is 10.1. The molecule has 0 aliphatic heterocycles. The Bertz CT molecular complexity index is 1040. The van der Waals surface area contributed by atoms with E-state index in [0.29, 0.717) is 11.8 Å². The van der Waals surface area contributed by atoms with Crippen molar-refractivity contribution < 1.29 is 22.6 Å².